The Kier molecular flexibility index (Phi) is 4.05. The fourth-order valence-corrected chi connectivity index (χ4v) is 3.57. The van der Waals surface area contributed by atoms with E-state index < -0.39 is 0 Å². The van der Waals surface area contributed by atoms with Gasteiger partial charge in [0, 0.05) is 13.1 Å². The van der Waals surface area contributed by atoms with E-state index in [1.54, 1.807) is 6.07 Å². The van der Waals surface area contributed by atoms with Crippen LogP contribution in [0.4, 0.5) is 9.52 Å². The summed E-state index contributed by atoms with van der Waals surface area (Å²) in [6.45, 7) is 3.54. The van der Waals surface area contributed by atoms with Crippen LogP contribution in [0.2, 0.25) is 0 Å². The average molecular weight is 307 g/mol. The summed E-state index contributed by atoms with van der Waals surface area (Å²) in [5, 5.41) is 3.80. The number of halogens is 1. The molecular formula is C15H18FN3OS. The van der Waals surface area contributed by atoms with Crippen LogP contribution < -0.4 is 5.32 Å². The summed E-state index contributed by atoms with van der Waals surface area (Å²) in [5.74, 6) is -0.157. The van der Waals surface area contributed by atoms with Gasteiger partial charge in [-0.25, -0.2) is 9.37 Å². The van der Waals surface area contributed by atoms with E-state index in [2.05, 4.69) is 10.3 Å². The minimum Gasteiger partial charge on any atom is -0.350 e. The predicted molar refractivity (Wildman–Crippen MR) is 83.1 cm³/mol. The van der Waals surface area contributed by atoms with Crippen molar-refractivity contribution in [2.75, 3.05) is 18.4 Å². The van der Waals surface area contributed by atoms with Gasteiger partial charge in [0.25, 0.3) is 0 Å². The maximum Gasteiger partial charge on any atom is 0.244 e. The second kappa shape index (κ2) is 5.97. The molecule has 21 heavy (non-hydrogen) atoms. The van der Waals surface area contributed by atoms with Gasteiger partial charge in [-0.3, -0.25) is 4.79 Å². The van der Waals surface area contributed by atoms with Crippen LogP contribution in [0.3, 0.4) is 0 Å². The smallest absolute Gasteiger partial charge is 0.244 e. The molecule has 6 heteroatoms. The molecule has 112 valence electrons. The first-order valence-corrected chi connectivity index (χ1v) is 8.06. The molecular weight excluding hydrogens is 289 g/mol. The third-order valence-electron chi connectivity index (χ3n) is 3.73. The van der Waals surface area contributed by atoms with Crippen LogP contribution in [0, 0.1) is 5.82 Å². The number of nitrogens with zero attached hydrogens (tertiary/aromatic N) is 2. The Hall–Kier alpha value is -1.69. The van der Waals surface area contributed by atoms with Crippen LogP contribution in [0.25, 0.3) is 10.2 Å². The minimum atomic E-state index is -0.312. The Morgan fingerprint density at radius 1 is 1.38 bits per heavy atom. The van der Waals surface area contributed by atoms with Crippen molar-refractivity contribution in [3.63, 3.8) is 0 Å². The molecule has 0 bridgehead atoms. The summed E-state index contributed by atoms with van der Waals surface area (Å²) in [6.07, 6.45) is 3.37. The van der Waals surface area contributed by atoms with Crippen molar-refractivity contribution in [1.82, 2.24) is 9.88 Å². The molecule has 1 aromatic heterocycles. The van der Waals surface area contributed by atoms with Gasteiger partial charge in [0.05, 0.1) is 10.2 Å². The number of benzene rings is 1. The van der Waals surface area contributed by atoms with E-state index in [9.17, 15) is 9.18 Å². The lowest BCUT2D eigenvalue weighted by Gasteiger charge is -2.29. The fraction of sp³-hybridized carbons (Fsp3) is 0.467. The van der Waals surface area contributed by atoms with Crippen LogP contribution in [0.5, 0.6) is 0 Å². The van der Waals surface area contributed by atoms with Crippen LogP contribution in [0.1, 0.15) is 26.2 Å². The number of aromatic nitrogens is 1. The maximum atomic E-state index is 13.2. The third kappa shape index (κ3) is 3.15. The van der Waals surface area contributed by atoms with Crippen LogP contribution in [0.15, 0.2) is 18.2 Å². The molecule has 4 nitrogen and oxygen atoms in total. The van der Waals surface area contributed by atoms with E-state index in [0.29, 0.717) is 5.13 Å². The monoisotopic (exact) mass is 307 g/mol. The third-order valence-corrected chi connectivity index (χ3v) is 4.68. The van der Waals surface area contributed by atoms with Gasteiger partial charge < -0.3 is 10.2 Å². The van der Waals surface area contributed by atoms with Gasteiger partial charge in [-0.2, -0.15) is 0 Å². The fourth-order valence-electron chi connectivity index (χ4n) is 2.60. The van der Waals surface area contributed by atoms with Gasteiger partial charge >= 0.3 is 0 Å². The van der Waals surface area contributed by atoms with Crippen molar-refractivity contribution in [3.05, 3.63) is 24.0 Å². The molecule has 1 aliphatic heterocycles. The number of amides is 1. The van der Waals surface area contributed by atoms with E-state index in [0.717, 1.165) is 36.1 Å². The van der Waals surface area contributed by atoms with Crippen LogP contribution in [-0.4, -0.2) is 34.9 Å². The number of hydrogen-bond acceptors (Lipinski definition) is 4. The van der Waals surface area contributed by atoms with Crippen molar-refractivity contribution < 1.29 is 9.18 Å². The van der Waals surface area contributed by atoms with E-state index in [1.807, 2.05) is 11.8 Å². The molecule has 1 N–H and O–H groups in total. The quantitative estimate of drug-likeness (QED) is 0.947. The Morgan fingerprint density at radius 2 is 2.14 bits per heavy atom. The highest BCUT2D eigenvalue weighted by atomic mass is 32.1. The van der Waals surface area contributed by atoms with Gasteiger partial charge in [0.15, 0.2) is 5.13 Å². The second-order valence-corrected chi connectivity index (χ2v) is 6.41. The van der Waals surface area contributed by atoms with Crippen molar-refractivity contribution in [2.45, 2.75) is 32.2 Å². The summed E-state index contributed by atoms with van der Waals surface area (Å²) >= 11 is 1.37. The van der Waals surface area contributed by atoms with Crippen molar-refractivity contribution in [1.29, 1.82) is 0 Å². The number of thiazole rings is 1. The zero-order valence-electron chi connectivity index (χ0n) is 11.9. The van der Waals surface area contributed by atoms with Crippen LogP contribution in [-0.2, 0) is 4.79 Å². The molecule has 1 aliphatic rings. The zero-order valence-corrected chi connectivity index (χ0v) is 12.8. The molecule has 1 atom stereocenters. The summed E-state index contributed by atoms with van der Waals surface area (Å²) < 4.78 is 14.0. The predicted octanol–water partition coefficient (Wildman–Crippen LogP) is 3.25. The molecule has 0 spiro atoms. The number of piperidine rings is 1. The molecule has 2 heterocycles. The van der Waals surface area contributed by atoms with Crippen LogP contribution >= 0.6 is 11.3 Å². The largest absolute Gasteiger partial charge is 0.350 e. The first-order chi connectivity index (χ1) is 10.1. The van der Waals surface area contributed by atoms with Gasteiger partial charge in [0.2, 0.25) is 5.91 Å². The number of anilines is 1. The Morgan fingerprint density at radius 3 is 2.90 bits per heavy atom. The molecule has 1 amide bonds. The summed E-state index contributed by atoms with van der Waals surface area (Å²) in [6, 6.07) is 4.21. The lowest BCUT2D eigenvalue weighted by atomic mass is 10.1. The SMILES string of the molecule is CC(Nc1nc2ccc(F)cc2s1)C(=O)N1CCCCC1. The van der Waals surface area contributed by atoms with Gasteiger partial charge in [0.1, 0.15) is 11.9 Å². The highest BCUT2D eigenvalue weighted by Gasteiger charge is 2.22. The van der Waals surface area contributed by atoms with E-state index >= 15 is 0 Å². The van der Waals surface area contributed by atoms with Gasteiger partial charge in [-0.05, 0) is 44.4 Å². The number of fused-ring (bicyclic) bond motifs is 1. The minimum absolute atomic E-state index is 0.111. The topological polar surface area (TPSA) is 45.2 Å². The zero-order chi connectivity index (χ0) is 14.8. The molecule has 1 fully saturated rings. The number of carbonyl (C=O) groups excluding carboxylic acids is 1. The van der Waals surface area contributed by atoms with Gasteiger partial charge in [-0.15, -0.1) is 0 Å². The summed E-state index contributed by atoms with van der Waals surface area (Å²) in [5.41, 5.74) is 0.751. The lowest BCUT2D eigenvalue weighted by Crippen LogP contribution is -2.43. The normalized spacial score (nSPS) is 17.0. The highest BCUT2D eigenvalue weighted by Crippen LogP contribution is 2.27. The summed E-state index contributed by atoms with van der Waals surface area (Å²) in [7, 11) is 0. The average Bonchev–Trinajstić information content (AvgIpc) is 2.88. The molecule has 3 rings (SSSR count). The highest BCUT2D eigenvalue weighted by molar-refractivity contribution is 7.22. The molecule has 0 saturated carbocycles. The molecule has 0 radical (unpaired) electrons. The number of rotatable bonds is 3. The molecule has 1 unspecified atom stereocenters. The number of hydrogen-bond donors (Lipinski definition) is 1. The molecule has 2 aromatic rings. The van der Waals surface area contributed by atoms with Crippen molar-refractivity contribution >= 4 is 32.6 Å². The standard InChI is InChI=1S/C15H18FN3OS/c1-10(14(20)19-7-3-2-4-8-19)17-15-18-12-6-5-11(16)9-13(12)21-15/h5-6,9-10H,2-4,7-8H2,1H3,(H,17,18). The molecule has 1 saturated heterocycles. The molecule has 1 aromatic carbocycles. The summed E-state index contributed by atoms with van der Waals surface area (Å²) in [4.78, 5) is 18.7. The number of likely N-dealkylation sites (tertiary alicyclic amines) is 1. The van der Waals surface area contributed by atoms with Gasteiger partial charge in [-0.1, -0.05) is 11.3 Å². The molecule has 0 aliphatic carbocycles. The second-order valence-electron chi connectivity index (χ2n) is 5.38. The lowest BCUT2D eigenvalue weighted by molar-refractivity contribution is -0.132. The van der Waals surface area contributed by atoms with E-state index in [1.165, 1.54) is 29.9 Å². The maximum absolute atomic E-state index is 13.2. The first kappa shape index (κ1) is 14.3. The number of carbonyl (C=O) groups is 1. The Balaban J connectivity index is 1.70. The van der Waals surface area contributed by atoms with Crippen molar-refractivity contribution in [2.24, 2.45) is 0 Å². The van der Waals surface area contributed by atoms with E-state index in [-0.39, 0.29) is 17.8 Å². The first-order valence-electron chi connectivity index (χ1n) is 7.25. The van der Waals surface area contributed by atoms with Crippen molar-refractivity contribution in [3.8, 4) is 0 Å². The Labute approximate surface area is 127 Å². The van der Waals surface area contributed by atoms with E-state index in [4.69, 9.17) is 0 Å². The number of nitrogens with one attached hydrogen (secondary N) is 1. The Bertz CT molecular complexity index is 651.